The molecule has 1 unspecified atom stereocenters. The van der Waals surface area contributed by atoms with E-state index in [9.17, 15) is 0 Å². The maximum atomic E-state index is 8.93. The van der Waals surface area contributed by atoms with E-state index in [2.05, 4.69) is 15.9 Å². The second kappa shape index (κ2) is 6.84. The van der Waals surface area contributed by atoms with E-state index >= 15 is 0 Å². The van der Waals surface area contributed by atoms with Gasteiger partial charge in [-0.2, -0.15) is 0 Å². The first kappa shape index (κ1) is 14.2. The Kier molecular flexibility index (Phi) is 5.41. The molecule has 1 aromatic heterocycles. The van der Waals surface area contributed by atoms with Crippen molar-refractivity contribution in [2.75, 3.05) is 45.9 Å². The van der Waals surface area contributed by atoms with E-state index in [4.69, 9.17) is 22.4 Å². The molecule has 0 aliphatic carbocycles. The normalized spacial score (nSPS) is 20.2. The molecule has 1 aliphatic heterocycles. The molecule has 4 nitrogen and oxygen atoms in total. The molecule has 1 aromatic rings. The summed E-state index contributed by atoms with van der Waals surface area (Å²) < 4.78 is 0.822. The van der Waals surface area contributed by atoms with E-state index in [1.54, 1.807) is 11.3 Å². The summed E-state index contributed by atoms with van der Waals surface area (Å²) in [6, 6.07) is 4.29. The van der Waals surface area contributed by atoms with Crippen LogP contribution >= 0.6 is 22.9 Å². The number of nitrogens with two attached hydrogens (primary N) is 1. The molecule has 1 atom stereocenters. The predicted molar refractivity (Wildman–Crippen MR) is 76.2 cm³/mol. The highest BCUT2D eigenvalue weighted by molar-refractivity contribution is 7.16. The highest BCUT2D eigenvalue weighted by atomic mass is 35.5. The van der Waals surface area contributed by atoms with Crippen LogP contribution in [-0.4, -0.2) is 60.8 Å². The van der Waals surface area contributed by atoms with Gasteiger partial charge in [0.15, 0.2) is 0 Å². The van der Waals surface area contributed by atoms with Gasteiger partial charge in [-0.05, 0) is 12.1 Å². The average molecular weight is 290 g/mol. The smallest absolute Gasteiger partial charge is 0.0931 e. The molecule has 1 aliphatic rings. The quantitative estimate of drug-likeness (QED) is 0.850. The summed E-state index contributed by atoms with van der Waals surface area (Å²) in [5.74, 6) is 0. The van der Waals surface area contributed by atoms with Crippen LogP contribution in [-0.2, 0) is 0 Å². The summed E-state index contributed by atoms with van der Waals surface area (Å²) in [7, 11) is 0. The molecule has 1 saturated heterocycles. The fourth-order valence-corrected chi connectivity index (χ4v) is 3.60. The van der Waals surface area contributed by atoms with Gasteiger partial charge in [-0.15, -0.1) is 11.3 Å². The van der Waals surface area contributed by atoms with Crippen LogP contribution in [0.2, 0.25) is 4.34 Å². The Hall–Kier alpha value is -0.170. The predicted octanol–water partition coefficient (Wildman–Crippen LogP) is 1.01. The molecule has 0 aromatic carbocycles. The highest BCUT2D eigenvalue weighted by Crippen LogP contribution is 2.30. The van der Waals surface area contributed by atoms with Crippen molar-refractivity contribution in [1.29, 1.82) is 0 Å². The van der Waals surface area contributed by atoms with E-state index in [1.165, 1.54) is 4.88 Å². The number of aliphatic hydroxyl groups excluding tert-OH is 1. The third-order valence-corrected chi connectivity index (χ3v) is 4.74. The van der Waals surface area contributed by atoms with E-state index in [1.807, 2.05) is 6.07 Å². The lowest BCUT2D eigenvalue weighted by Crippen LogP contribution is -2.49. The van der Waals surface area contributed by atoms with E-state index in [0.717, 1.165) is 37.1 Å². The third-order valence-electron chi connectivity index (χ3n) is 3.41. The minimum Gasteiger partial charge on any atom is -0.395 e. The molecule has 102 valence electrons. The Morgan fingerprint density at radius 2 is 2.06 bits per heavy atom. The molecule has 2 rings (SSSR count). The van der Waals surface area contributed by atoms with Gasteiger partial charge in [-0.1, -0.05) is 11.6 Å². The van der Waals surface area contributed by atoms with Gasteiger partial charge in [0.1, 0.15) is 0 Å². The maximum absolute atomic E-state index is 8.93. The van der Waals surface area contributed by atoms with Crippen LogP contribution in [0.4, 0.5) is 0 Å². The Morgan fingerprint density at radius 1 is 1.33 bits per heavy atom. The van der Waals surface area contributed by atoms with Gasteiger partial charge in [-0.25, -0.2) is 0 Å². The van der Waals surface area contributed by atoms with E-state index in [0.29, 0.717) is 6.54 Å². The van der Waals surface area contributed by atoms with Crippen molar-refractivity contribution >= 4 is 22.9 Å². The number of hydrogen-bond acceptors (Lipinski definition) is 5. The maximum Gasteiger partial charge on any atom is 0.0931 e. The Labute approximate surface area is 117 Å². The molecular formula is C12H20ClN3OS. The molecule has 0 spiro atoms. The molecule has 0 saturated carbocycles. The fourth-order valence-electron chi connectivity index (χ4n) is 2.39. The Balaban J connectivity index is 1.94. The molecule has 18 heavy (non-hydrogen) atoms. The van der Waals surface area contributed by atoms with Crippen molar-refractivity contribution in [2.45, 2.75) is 6.04 Å². The number of hydrogen-bond donors (Lipinski definition) is 2. The summed E-state index contributed by atoms with van der Waals surface area (Å²) >= 11 is 7.60. The second-order valence-corrected chi connectivity index (χ2v) is 6.24. The summed E-state index contributed by atoms with van der Waals surface area (Å²) in [4.78, 5) is 5.94. The van der Waals surface area contributed by atoms with Gasteiger partial charge in [0.05, 0.1) is 17.0 Å². The van der Waals surface area contributed by atoms with Crippen LogP contribution in [0.5, 0.6) is 0 Å². The minimum absolute atomic E-state index is 0.237. The first-order chi connectivity index (χ1) is 8.74. The number of piperazine rings is 1. The van der Waals surface area contributed by atoms with Gasteiger partial charge in [-0.3, -0.25) is 9.80 Å². The third kappa shape index (κ3) is 3.44. The monoisotopic (exact) mass is 289 g/mol. The summed E-state index contributed by atoms with van der Waals surface area (Å²) in [5.41, 5.74) is 5.91. The highest BCUT2D eigenvalue weighted by Gasteiger charge is 2.24. The van der Waals surface area contributed by atoms with Crippen LogP contribution in [0.1, 0.15) is 10.9 Å². The number of thiophene rings is 1. The number of rotatable bonds is 5. The molecule has 1 fully saturated rings. The SMILES string of the molecule is NCC(c1ccc(Cl)s1)N1CCN(CCO)CC1. The summed E-state index contributed by atoms with van der Waals surface area (Å²) in [5, 5.41) is 8.93. The number of β-amino-alcohol motifs (C(OH)–C–C–N with tert-alkyl or cyclic N) is 1. The van der Waals surface area contributed by atoms with E-state index < -0.39 is 0 Å². The minimum atomic E-state index is 0.237. The second-order valence-electron chi connectivity index (χ2n) is 4.49. The largest absolute Gasteiger partial charge is 0.395 e. The molecular weight excluding hydrogens is 270 g/mol. The fraction of sp³-hybridized carbons (Fsp3) is 0.667. The zero-order valence-corrected chi connectivity index (χ0v) is 12.0. The van der Waals surface area contributed by atoms with Crippen LogP contribution in [0, 0.1) is 0 Å². The van der Waals surface area contributed by atoms with Crippen LogP contribution in [0.25, 0.3) is 0 Å². The topological polar surface area (TPSA) is 52.7 Å². The standard InChI is InChI=1S/C12H20ClN3OS/c13-12-2-1-11(18-12)10(9-14)16-5-3-15(4-6-16)7-8-17/h1-2,10,17H,3-9,14H2. The van der Waals surface area contributed by atoms with Crippen molar-refractivity contribution in [3.05, 3.63) is 21.3 Å². The molecule has 0 amide bonds. The van der Waals surface area contributed by atoms with Crippen molar-refractivity contribution in [2.24, 2.45) is 5.73 Å². The van der Waals surface area contributed by atoms with Crippen molar-refractivity contribution in [1.82, 2.24) is 9.80 Å². The average Bonchev–Trinajstić information content (AvgIpc) is 2.79. The van der Waals surface area contributed by atoms with Crippen LogP contribution < -0.4 is 5.73 Å². The Morgan fingerprint density at radius 3 is 2.56 bits per heavy atom. The molecule has 0 radical (unpaired) electrons. The number of nitrogens with zero attached hydrogens (tertiary/aromatic N) is 2. The van der Waals surface area contributed by atoms with Gasteiger partial charge in [0.2, 0.25) is 0 Å². The van der Waals surface area contributed by atoms with Gasteiger partial charge in [0, 0.05) is 44.1 Å². The van der Waals surface area contributed by atoms with Gasteiger partial charge < -0.3 is 10.8 Å². The summed E-state index contributed by atoms with van der Waals surface area (Å²) in [6.45, 7) is 5.62. The molecule has 6 heteroatoms. The van der Waals surface area contributed by atoms with E-state index in [-0.39, 0.29) is 12.6 Å². The number of halogens is 1. The van der Waals surface area contributed by atoms with Crippen LogP contribution in [0.3, 0.4) is 0 Å². The first-order valence-electron chi connectivity index (χ1n) is 6.27. The zero-order valence-electron chi connectivity index (χ0n) is 10.4. The molecule has 3 N–H and O–H groups in total. The summed E-state index contributed by atoms with van der Waals surface area (Å²) in [6.07, 6.45) is 0. The van der Waals surface area contributed by atoms with Crippen molar-refractivity contribution in [3.8, 4) is 0 Å². The van der Waals surface area contributed by atoms with Crippen molar-refractivity contribution in [3.63, 3.8) is 0 Å². The number of aliphatic hydroxyl groups is 1. The van der Waals surface area contributed by atoms with Gasteiger partial charge >= 0.3 is 0 Å². The lowest BCUT2D eigenvalue weighted by molar-refractivity contribution is 0.0867. The van der Waals surface area contributed by atoms with Gasteiger partial charge in [0.25, 0.3) is 0 Å². The van der Waals surface area contributed by atoms with Crippen LogP contribution in [0.15, 0.2) is 12.1 Å². The zero-order chi connectivity index (χ0) is 13.0. The first-order valence-corrected chi connectivity index (χ1v) is 7.46. The molecule has 2 heterocycles. The van der Waals surface area contributed by atoms with Crippen molar-refractivity contribution < 1.29 is 5.11 Å². The lowest BCUT2D eigenvalue weighted by atomic mass is 10.1. The lowest BCUT2D eigenvalue weighted by Gasteiger charge is -2.38. The Bertz CT molecular complexity index is 366. The molecule has 0 bridgehead atoms.